The molecule has 0 aromatic heterocycles. The van der Waals surface area contributed by atoms with Gasteiger partial charge in [-0.25, -0.2) is 12.8 Å². The largest absolute Gasteiger partial charge is 0.395 e. The van der Waals surface area contributed by atoms with E-state index in [-0.39, 0.29) is 24.6 Å². The molecule has 2 aromatic carbocycles. The number of aliphatic hydroxyl groups is 1. The maximum atomic E-state index is 13.9. The molecule has 6 heteroatoms. The summed E-state index contributed by atoms with van der Waals surface area (Å²) in [5, 5.41) is 9.15. The predicted molar refractivity (Wildman–Crippen MR) is 82.3 cm³/mol. The van der Waals surface area contributed by atoms with E-state index in [1.54, 1.807) is 31.2 Å². The van der Waals surface area contributed by atoms with E-state index in [0.29, 0.717) is 5.56 Å². The molecule has 0 unspecified atom stereocenters. The minimum atomic E-state index is -4.02. The maximum absolute atomic E-state index is 13.9. The van der Waals surface area contributed by atoms with Crippen molar-refractivity contribution < 1.29 is 17.9 Å². The van der Waals surface area contributed by atoms with Gasteiger partial charge in [-0.3, -0.25) is 0 Å². The third-order valence-corrected chi connectivity index (χ3v) is 5.12. The lowest BCUT2D eigenvalue weighted by molar-refractivity contribution is 0.250. The highest BCUT2D eigenvalue weighted by atomic mass is 32.2. The number of sulfonamides is 1. The average Bonchev–Trinajstić information content (AvgIpc) is 2.50. The first-order valence-corrected chi connectivity index (χ1v) is 8.30. The molecule has 0 atom stereocenters. The summed E-state index contributed by atoms with van der Waals surface area (Å²) in [6.45, 7) is 1.35. The molecule has 0 heterocycles. The Hall–Kier alpha value is -1.76. The van der Waals surface area contributed by atoms with Gasteiger partial charge in [-0.05, 0) is 30.2 Å². The molecule has 0 amide bonds. The van der Waals surface area contributed by atoms with Crippen LogP contribution in [0.3, 0.4) is 0 Å². The fourth-order valence-corrected chi connectivity index (χ4v) is 3.70. The van der Waals surface area contributed by atoms with Crippen LogP contribution in [0.5, 0.6) is 0 Å². The first kappa shape index (κ1) is 16.6. The van der Waals surface area contributed by atoms with Gasteiger partial charge in [0.05, 0.1) is 6.61 Å². The van der Waals surface area contributed by atoms with Crippen molar-refractivity contribution in [1.82, 2.24) is 4.31 Å². The van der Waals surface area contributed by atoms with Crippen LogP contribution in [-0.2, 0) is 16.6 Å². The SMILES string of the molecule is Cc1ccc(F)c(S(=O)(=O)N(CCO)Cc2ccccc2)c1. The summed E-state index contributed by atoms with van der Waals surface area (Å²) >= 11 is 0. The standard InChI is InChI=1S/C16H18FNO3S/c1-13-7-8-15(17)16(11-13)22(20,21)18(9-10-19)12-14-5-3-2-4-6-14/h2-8,11,19H,9-10,12H2,1H3. The van der Waals surface area contributed by atoms with Gasteiger partial charge >= 0.3 is 0 Å². The number of benzene rings is 2. The molecule has 0 bridgehead atoms. The molecule has 4 nitrogen and oxygen atoms in total. The summed E-state index contributed by atoms with van der Waals surface area (Å²) in [4.78, 5) is -0.364. The van der Waals surface area contributed by atoms with E-state index >= 15 is 0 Å². The second-order valence-corrected chi connectivity index (χ2v) is 6.89. The maximum Gasteiger partial charge on any atom is 0.246 e. The Labute approximate surface area is 129 Å². The summed E-state index contributed by atoms with van der Waals surface area (Å²) < 4.78 is 40.4. The van der Waals surface area contributed by atoms with Gasteiger partial charge in [0.1, 0.15) is 10.7 Å². The molecule has 0 spiro atoms. The van der Waals surface area contributed by atoms with Crippen LogP contribution in [0.2, 0.25) is 0 Å². The third-order valence-electron chi connectivity index (χ3n) is 3.26. The fraction of sp³-hybridized carbons (Fsp3) is 0.250. The van der Waals surface area contributed by atoms with Crippen LogP contribution in [0.1, 0.15) is 11.1 Å². The lowest BCUT2D eigenvalue weighted by Crippen LogP contribution is -2.33. The van der Waals surface area contributed by atoms with Crippen LogP contribution >= 0.6 is 0 Å². The zero-order valence-electron chi connectivity index (χ0n) is 12.2. The van der Waals surface area contributed by atoms with E-state index in [1.165, 1.54) is 12.1 Å². The molecule has 0 aliphatic carbocycles. The molecule has 0 aliphatic heterocycles. The van der Waals surface area contributed by atoms with Crippen molar-refractivity contribution in [1.29, 1.82) is 0 Å². The van der Waals surface area contributed by atoms with Crippen molar-refractivity contribution in [3.05, 3.63) is 65.5 Å². The number of rotatable bonds is 6. The summed E-state index contributed by atoms with van der Waals surface area (Å²) in [7, 11) is -4.02. The Morgan fingerprint density at radius 1 is 1.14 bits per heavy atom. The fourth-order valence-electron chi connectivity index (χ4n) is 2.13. The second-order valence-electron chi connectivity index (χ2n) is 4.98. The molecule has 0 fully saturated rings. The van der Waals surface area contributed by atoms with Gasteiger partial charge in [-0.15, -0.1) is 0 Å². The first-order valence-electron chi connectivity index (χ1n) is 6.86. The minimum absolute atomic E-state index is 0.0805. The highest BCUT2D eigenvalue weighted by Gasteiger charge is 2.27. The van der Waals surface area contributed by atoms with Crippen LogP contribution in [-0.4, -0.2) is 31.0 Å². The highest BCUT2D eigenvalue weighted by molar-refractivity contribution is 7.89. The molecule has 118 valence electrons. The minimum Gasteiger partial charge on any atom is -0.395 e. The average molecular weight is 323 g/mol. The summed E-state index contributed by atoms with van der Waals surface area (Å²) in [6, 6.07) is 13.0. The summed E-state index contributed by atoms with van der Waals surface area (Å²) in [5.41, 5.74) is 1.43. The van der Waals surface area contributed by atoms with Crippen molar-refractivity contribution in [2.75, 3.05) is 13.2 Å². The van der Waals surface area contributed by atoms with Gasteiger partial charge in [-0.1, -0.05) is 36.4 Å². The van der Waals surface area contributed by atoms with E-state index in [4.69, 9.17) is 5.11 Å². The molecule has 2 rings (SSSR count). The molecular weight excluding hydrogens is 305 g/mol. The van der Waals surface area contributed by atoms with Crippen molar-refractivity contribution in [3.8, 4) is 0 Å². The normalized spacial score (nSPS) is 11.8. The molecule has 0 saturated heterocycles. The molecular formula is C16H18FNO3S. The zero-order chi connectivity index (χ0) is 16.2. The van der Waals surface area contributed by atoms with Gasteiger partial charge in [0.2, 0.25) is 10.0 Å². The van der Waals surface area contributed by atoms with Crippen LogP contribution < -0.4 is 0 Å². The van der Waals surface area contributed by atoms with Gasteiger partial charge in [0.25, 0.3) is 0 Å². The quantitative estimate of drug-likeness (QED) is 0.887. The Morgan fingerprint density at radius 3 is 2.45 bits per heavy atom. The number of aryl methyl sites for hydroxylation is 1. The summed E-state index contributed by atoms with van der Waals surface area (Å²) in [5.74, 6) is -0.790. The van der Waals surface area contributed by atoms with Crippen molar-refractivity contribution in [3.63, 3.8) is 0 Å². The highest BCUT2D eigenvalue weighted by Crippen LogP contribution is 2.22. The van der Waals surface area contributed by atoms with Crippen LogP contribution in [0.25, 0.3) is 0 Å². The predicted octanol–water partition coefficient (Wildman–Crippen LogP) is 2.32. The van der Waals surface area contributed by atoms with E-state index < -0.39 is 15.8 Å². The first-order chi connectivity index (χ1) is 10.4. The van der Waals surface area contributed by atoms with E-state index in [1.807, 2.05) is 6.07 Å². The smallest absolute Gasteiger partial charge is 0.246 e. The van der Waals surface area contributed by atoms with Crippen molar-refractivity contribution >= 4 is 10.0 Å². The second kappa shape index (κ2) is 7.00. The van der Waals surface area contributed by atoms with Crippen LogP contribution in [0.15, 0.2) is 53.4 Å². The van der Waals surface area contributed by atoms with Crippen LogP contribution in [0.4, 0.5) is 4.39 Å². The molecule has 1 N–H and O–H groups in total. The van der Waals surface area contributed by atoms with E-state index in [9.17, 15) is 12.8 Å². The molecule has 2 aromatic rings. The van der Waals surface area contributed by atoms with Crippen molar-refractivity contribution in [2.24, 2.45) is 0 Å². The number of hydrogen-bond donors (Lipinski definition) is 1. The molecule has 0 saturated carbocycles. The van der Waals surface area contributed by atoms with Gasteiger partial charge in [0.15, 0.2) is 0 Å². The van der Waals surface area contributed by atoms with Gasteiger partial charge in [0, 0.05) is 13.1 Å². The Kier molecular flexibility index (Phi) is 5.28. The molecule has 0 aliphatic rings. The molecule has 0 radical (unpaired) electrons. The number of nitrogens with zero attached hydrogens (tertiary/aromatic N) is 1. The van der Waals surface area contributed by atoms with Gasteiger partial charge < -0.3 is 5.11 Å². The van der Waals surface area contributed by atoms with E-state index in [2.05, 4.69) is 0 Å². The number of aliphatic hydroxyl groups excluding tert-OH is 1. The Balaban J connectivity index is 2.39. The number of halogens is 1. The topological polar surface area (TPSA) is 57.6 Å². The van der Waals surface area contributed by atoms with Crippen molar-refractivity contribution in [2.45, 2.75) is 18.4 Å². The van der Waals surface area contributed by atoms with E-state index in [0.717, 1.165) is 15.9 Å². The monoisotopic (exact) mass is 323 g/mol. The lowest BCUT2D eigenvalue weighted by atomic mass is 10.2. The molecule has 22 heavy (non-hydrogen) atoms. The number of hydrogen-bond acceptors (Lipinski definition) is 3. The summed E-state index contributed by atoms with van der Waals surface area (Å²) in [6.07, 6.45) is 0. The zero-order valence-corrected chi connectivity index (χ0v) is 13.1. The lowest BCUT2D eigenvalue weighted by Gasteiger charge is -2.22. The Morgan fingerprint density at radius 2 is 1.82 bits per heavy atom. The Bertz CT molecular complexity index is 732. The van der Waals surface area contributed by atoms with Gasteiger partial charge in [-0.2, -0.15) is 4.31 Å². The third kappa shape index (κ3) is 3.71. The van der Waals surface area contributed by atoms with Crippen LogP contribution in [0, 0.1) is 12.7 Å².